The van der Waals surface area contributed by atoms with Gasteiger partial charge in [-0.25, -0.2) is 4.79 Å². The molecule has 34 heavy (non-hydrogen) atoms. The summed E-state index contributed by atoms with van der Waals surface area (Å²) in [5.74, 6) is -0.0776. The Kier molecular flexibility index (Phi) is 11.6. The van der Waals surface area contributed by atoms with Crippen LogP contribution in [0.5, 0.6) is 0 Å². The lowest BCUT2D eigenvalue weighted by atomic mass is 9.74. The molecule has 0 aromatic heterocycles. The number of urea groups is 1. The Morgan fingerprint density at radius 1 is 1.32 bits per heavy atom. The van der Waals surface area contributed by atoms with Crippen LogP contribution < -0.4 is 10.6 Å². The monoisotopic (exact) mass is 497 g/mol. The molecule has 2 amide bonds. The largest absolute Gasteiger partial charge is 0.385 e. The highest BCUT2D eigenvalue weighted by molar-refractivity contribution is 6.30. The number of halogens is 1. The highest BCUT2D eigenvalue weighted by Gasteiger charge is 2.41. The van der Waals surface area contributed by atoms with Crippen molar-refractivity contribution < 1.29 is 19.4 Å². The van der Waals surface area contributed by atoms with Crippen LogP contribution in [0.25, 0.3) is 0 Å². The van der Waals surface area contributed by atoms with E-state index in [1.165, 1.54) is 0 Å². The van der Waals surface area contributed by atoms with Gasteiger partial charge in [0.1, 0.15) is 0 Å². The molecule has 1 aliphatic rings. The maximum atomic E-state index is 13.2. The average molecular weight is 498 g/mol. The molecule has 1 aromatic carbocycles. The highest BCUT2D eigenvalue weighted by atomic mass is 35.5. The number of likely N-dealkylation sites (tertiary alicyclic amines) is 1. The fraction of sp³-hybridized carbons (Fsp3) is 0.731. The third kappa shape index (κ3) is 8.38. The molecule has 194 valence electrons. The fourth-order valence-corrected chi connectivity index (χ4v) is 5.09. The molecule has 0 saturated carbocycles. The lowest BCUT2D eigenvalue weighted by Crippen LogP contribution is -2.54. The van der Waals surface area contributed by atoms with Gasteiger partial charge in [0, 0.05) is 57.4 Å². The number of aliphatic hydroxyl groups is 1. The number of amides is 2. The van der Waals surface area contributed by atoms with Gasteiger partial charge in [0.05, 0.1) is 11.2 Å². The van der Waals surface area contributed by atoms with E-state index in [9.17, 15) is 9.90 Å². The summed E-state index contributed by atoms with van der Waals surface area (Å²) < 4.78 is 10.8. The molecule has 2 rings (SSSR count). The second-order valence-electron chi connectivity index (χ2n) is 10.0. The van der Waals surface area contributed by atoms with Crippen molar-refractivity contribution in [2.75, 3.05) is 47.5 Å². The number of hydrogen-bond acceptors (Lipinski definition) is 5. The van der Waals surface area contributed by atoms with Gasteiger partial charge in [-0.3, -0.25) is 0 Å². The standard InChI is InChI=1S/C26H44ClN3O4/c1-25(2,34-5)17-23(18-28-3)29-24(31)30-14-9-11-21(19-30)26(32,13-6-7-15-33-4)20-10-8-12-22(27)16-20/h8,10,12,16,21,23,28,32H,6-7,9,11,13-15,17-19H2,1-5H3,(H,29,31)/t21-,23?,26-/m1/s1. The Hall–Kier alpha value is -1.38. The number of carbonyl (C=O) groups is 1. The van der Waals surface area contributed by atoms with Gasteiger partial charge in [0.2, 0.25) is 0 Å². The Morgan fingerprint density at radius 2 is 2.09 bits per heavy atom. The van der Waals surface area contributed by atoms with E-state index in [-0.39, 0.29) is 23.6 Å². The molecule has 1 aromatic rings. The normalized spacial score (nSPS) is 19.5. The van der Waals surface area contributed by atoms with Crippen LogP contribution in [-0.4, -0.2) is 75.2 Å². The van der Waals surface area contributed by atoms with E-state index >= 15 is 0 Å². The van der Waals surface area contributed by atoms with Crippen LogP contribution in [0.15, 0.2) is 24.3 Å². The molecular formula is C26H44ClN3O4. The van der Waals surface area contributed by atoms with Crippen LogP contribution in [0, 0.1) is 5.92 Å². The molecule has 0 spiro atoms. The van der Waals surface area contributed by atoms with Gasteiger partial charge in [-0.05, 0) is 77.1 Å². The molecule has 0 aliphatic carbocycles. The molecule has 1 saturated heterocycles. The molecule has 8 heteroatoms. The van der Waals surface area contributed by atoms with Gasteiger partial charge >= 0.3 is 6.03 Å². The molecule has 3 atom stereocenters. The molecule has 3 N–H and O–H groups in total. The predicted octanol–water partition coefficient (Wildman–Crippen LogP) is 4.17. The van der Waals surface area contributed by atoms with E-state index < -0.39 is 5.60 Å². The number of piperidine rings is 1. The number of ether oxygens (including phenoxy) is 2. The van der Waals surface area contributed by atoms with Gasteiger partial charge in [-0.1, -0.05) is 23.7 Å². The summed E-state index contributed by atoms with van der Waals surface area (Å²) >= 11 is 6.28. The Labute approximate surface area is 210 Å². The third-order valence-corrected chi connectivity index (χ3v) is 7.17. The maximum absolute atomic E-state index is 13.2. The molecule has 7 nitrogen and oxygen atoms in total. The predicted molar refractivity (Wildman–Crippen MR) is 137 cm³/mol. The van der Waals surface area contributed by atoms with Gasteiger partial charge in [0.25, 0.3) is 0 Å². The van der Waals surface area contributed by atoms with E-state index in [0.29, 0.717) is 44.1 Å². The Balaban J connectivity index is 2.16. The van der Waals surface area contributed by atoms with Crippen molar-refractivity contribution >= 4 is 17.6 Å². The smallest absolute Gasteiger partial charge is 0.317 e. The number of hydrogen-bond donors (Lipinski definition) is 3. The first-order valence-electron chi connectivity index (χ1n) is 12.4. The van der Waals surface area contributed by atoms with Crippen molar-refractivity contribution in [3.05, 3.63) is 34.9 Å². The number of rotatable bonds is 13. The highest BCUT2D eigenvalue weighted by Crippen LogP contribution is 2.40. The minimum Gasteiger partial charge on any atom is -0.385 e. The average Bonchev–Trinajstić information content (AvgIpc) is 2.81. The van der Waals surface area contributed by atoms with Crippen LogP contribution in [0.2, 0.25) is 5.02 Å². The van der Waals surface area contributed by atoms with Crippen molar-refractivity contribution in [3.8, 4) is 0 Å². The van der Waals surface area contributed by atoms with Gasteiger partial charge in [-0.2, -0.15) is 0 Å². The third-order valence-electron chi connectivity index (χ3n) is 6.93. The quantitative estimate of drug-likeness (QED) is 0.356. The zero-order valence-electron chi connectivity index (χ0n) is 21.5. The fourth-order valence-electron chi connectivity index (χ4n) is 4.90. The molecule has 1 fully saturated rings. The number of unbranched alkanes of at least 4 members (excludes halogenated alkanes) is 1. The first-order chi connectivity index (χ1) is 16.1. The Bertz CT molecular complexity index is 763. The zero-order chi connectivity index (χ0) is 25.2. The number of carbonyl (C=O) groups excluding carboxylic acids is 1. The van der Waals surface area contributed by atoms with Gasteiger partial charge < -0.3 is 30.1 Å². The lowest BCUT2D eigenvalue weighted by molar-refractivity contribution is -0.0565. The minimum atomic E-state index is -1.06. The van der Waals surface area contributed by atoms with Crippen LogP contribution in [0.4, 0.5) is 4.79 Å². The maximum Gasteiger partial charge on any atom is 0.317 e. The van der Waals surface area contributed by atoms with Crippen LogP contribution in [0.1, 0.15) is 57.9 Å². The first kappa shape index (κ1) is 28.9. The summed E-state index contributed by atoms with van der Waals surface area (Å²) in [5, 5.41) is 19.0. The summed E-state index contributed by atoms with van der Waals surface area (Å²) in [6, 6.07) is 7.34. The van der Waals surface area contributed by atoms with Crippen molar-refractivity contribution in [2.24, 2.45) is 5.92 Å². The summed E-state index contributed by atoms with van der Waals surface area (Å²) in [4.78, 5) is 15.1. The van der Waals surface area contributed by atoms with Gasteiger partial charge in [0.15, 0.2) is 0 Å². The summed E-state index contributed by atoms with van der Waals surface area (Å²) in [6.07, 6.45) is 4.70. The lowest BCUT2D eigenvalue weighted by Gasteiger charge is -2.43. The topological polar surface area (TPSA) is 83.1 Å². The number of benzene rings is 1. The van der Waals surface area contributed by atoms with E-state index in [4.69, 9.17) is 21.1 Å². The number of nitrogens with zero attached hydrogens (tertiary/aromatic N) is 1. The minimum absolute atomic E-state index is 0.0614. The van der Waals surface area contributed by atoms with Crippen molar-refractivity contribution in [3.63, 3.8) is 0 Å². The SMILES string of the molecule is CNCC(CC(C)(C)OC)NC(=O)N1CCC[C@@H]([C@@](O)(CCCCOC)c2cccc(Cl)c2)C1. The number of nitrogens with one attached hydrogen (secondary N) is 2. The first-order valence-corrected chi connectivity index (χ1v) is 12.8. The van der Waals surface area contributed by atoms with E-state index in [2.05, 4.69) is 10.6 Å². The molecular weight excluding hydrogens is 454 g/mol. The van der Waals surface area contributed by atoms with Crippen molar-refractivity contribution in [1.82, 2.24) is 15.5 Å². The van der Waals surface area contributed by atoms with E-state index in [1.807, 2.05) is 50.1 Å². The van der Waals surface area contributed by atoms with Crippen molar-refractivity contribution in [2.45, 2.75) is 69.6 Å². The second-order valence-corrected chi connectivity index (χ2v) is 10.5. The second kappa shape index (κ2) is 13.6. The summed E-state index contributed by atoms with van der Waals surface area (Å²) in [6.45, 7) is 6.54. The van der Waals surface area contributed by atoms with Crippen LogP contribution >= 0.6 is 11.6 Å². The Morgan fingerprint density at radius 3 is 2.74 bits per heavy atom. The summed E-state index contributed by atoms with van der Waals surface area (Å²) in [5.41, 5.74) is -0.576. The molecule has 1 unspecified atom stereocenters. The molecule has 0 bridgehead atoms. The van der Waals surface area contributed by atoms with Crippen LogP contribution in [-0.2, 0) is 15.1 Å². The van der Waals surface area contributed by atoms with Crippen LogP contribution in [0.3, 0.4) is 0 Å². The summed E-state index contributed by atoms with van der Waals surface area (Å²) in [7, 11) is 5.26. The van der Waals surface area contributed by atoms with E-state index in [1.54, 1.807) is 14.2 Å². The van der Waals surface area contributed by atoms with Crippen molar-refractivity contribution in [1.29, 1.82) is 0 Å². The van der Waals surface area contributed by atoms with Gasteiger partial charge in [-0.15, -0.1) is 0 Å². The number of likely N-dealkylation sites (N-methyl/N-ethyl adjacent to an activating group) is 1. The zero-order valence-corrected chi connectivity index (χ0v) is 22.3. The molecule has 1 heterocycles. The molecule has 0 radical (unpaired) electrons. The number of methoxy groups -OCH3 is 2. The molecule has 1 aliphatic heterocycles. The van der Waals surface area contributed by atoms with E-state index in [0.717, 1.165) is 31.2 Å².